The molecule has 16 nitrogen and oxygen atoms in total. The maximum atomic E-state index is 14.0. The Labute approximate surface area is 378 Å². The first-order valence-electron chi connectivity index (χ1n) is 20.6. The first-order valence-corrected chi connectivity index (χ1v) is 21.4. The molecule has 0 fully saturated rings. The average molecular weight is 914 g/mol. The zero-order valence-electron chi connectivity index (χ0n) is 37.2. The summed E-state index contributed by atoms with van der Waals surface area (Å²) in [6, 6.07) is 15.8. The van der Waals surface area contributed by atoms with Gasteiger partial charge in [0.1, 0.15) is 23.7 Å². The van der Waals surface area contributed by atoms with Gasteiger partial charge >= 0.3 is 12.1 Å². The molecule has 18 heteroatoms. The number of nitrogens with zero attached hydrogens (tertiary/aromatic N) is 3. The van der Waals surface area contributed by atoms with Gasteiger partial charge in [-0.3, -0.25) is 4.79 Å². The second-order valence-corrected chi connectivity index (χ2v) is 17.3. The van der Waals surface area contributed by atoms with E-state index >= 15 is 0 Å². The van der Waals surface area contributed by atoms with E-state index in [2.05, 4.69) is 16.0 Å². The lowest BCUT2D eigenvalue weighted by Gasteiger charge is -2.31. The van der Waals surface area contributed by atoms with Crippen LogP contribution in [0.3, 0.4) is 0 Å². The fourth-order valence-electron chi connectivity index (χ4n) is 6.24. The van der Waals surface area contributed by atoms with E-state index in [1.54, 1.807) is 74.8 Å². The summed E-state index contributed by atoms with van der Waals surface area (Å²) < 4.78 is 41.0. The lowest BCUT2D eigenvalue weighted by atomic mass is 9.95. The highest BCUT2D eigenvalue weighted by molar-refractivity contribution is 6.34. The van der Waals surface area contributed by atoms with E-state index in [1.165, 1.54) is 0 Å². The van der Waals surface area contributed by atoms with Crippen LogP contribution in [-0.2, 0) is 30.3 Å². The molecule has 3 N–H and O–H groups in total. The van der Waals surface area contributed by atoms with Crippen molar-refractivity contribution in [3.8, 4) is 39.6 Å². The van der Waals surface area contributed by atoms with Crippen LogP contribution < -0.4 is 25.4 Å². The Hall–Kier alpha value is -5.10. The predicted octanol–water partition coefficient (Wildman–Crippen LogP) is 8.00. The van der Waals surface area contributed by atoms with Gasteiger partial charge in [-0.15, -0.1) is 0 Å². The molecule has 3 aromatic carbocycles. The largest absolute Gasteiger partial charge is 0.496 e. The van der Waals surface area contributed by atoms with Crippen LogP contribution in [0, 0.1) is 0 Å². The third kappa shape index (κ3) is 14.2. The number of hydrogen-bond donors (Lipinski definition) is 3. The van der Waals surface area contributed by atoms with Gasteiger partial charge in [0.05, 0.1) is 71.3 Å². The number of urea groups is 1. The lowest BCUT2D eigenvalue weighted by Crippen LogP contribution is -2.43. The Morgan fingerprint density at radius 2 is 1.40 bits per heavy atom. The summed E-state index contributed by atoms with van der Waals surface area (Å²) in [6.07, 6.45) is -0.477. The number of anilines is 1. The molecular formula is C45H58Cl2N6O10. The van der Waals surface area contributed by atoms with Gasteiger partial charge in [-0.25, -0.2) is 14.3 Å². The van der Waals surface area contributed by atoms with Crippen LogP contribution in [0.15, 0.2) is 54.6 Å². The van der Waals surface area contributed by atoms with Gasteiger partial charge in [-0.05, 0) is 83.5 Å². The Balaban J connectivity index is 1.12. The smallest absolute Gasteiger partial charge is 0.407 e. The third-order valence-electron chi connectivity index (χ3n) is 9.51. The van der Waals surface area contributed by atoms with Gasteiger partial charge in [0.15, 0.2) is 5.69 Å². The highest BCUT2D eigenvalue weighted by Crippen LogP contribution is 2.46. The molecule has 0 saturated heterocycles. The first kappa shape index (κ1) is 48.9. The number of aromatic nitrogens is 2. The van der Waals surface area contributed by atoms with E-state index in [9.17, 15) is 14.4 Å². The van der Waals surface area contributed by atoms with Crippen molar-refractivity contribution in [2.75, 3.05) is 85.4 Å². The normalized spacial score (nSPS) is 12.2. The quantitative estimate of drug-likeness (QED) is 0.0734. The summed E-state index contributed by atoms with van der Waals surface area (Å²) >= 11 is 12.9. The molecule has 0 bridgehead atoms. The molecular weight excluding hydrogens is 855 g/mol. The minimum Gasteiger partial charge on any atom is -0.496 e. The van der Waals surface area contributed by atoms with Gasteiger partial charge in [0, 0.05) is 64.2 Å². The molecule has 1 aromatic heterocycles. The third-order valence-corrected chi connectivity index (χ3v) is 9.95. The number of nitrogens with one attached hydrogen (secondary N) is 3. The predicted molar refractivity (Wildman–Crippen MR) is 242 cm³/mol. The van der Waals surface area contributed by atoms with E-state index in [4.69, 9.17) is 61.5 Å². The number of methoxy groups -OCH3 is 1. The second-order valence-electron chi connectivity index (χ2n) is 16.4. The van der Waals surface area contributed by atoms with Crippen molar-refractivity contribution in [1.29, 1.82) is 0 Å². The number of benzene rings is 3. The minimum absolute atomic E-state index is 0.0968. The number of carbonyl (C=O) groups excluding carboxylic acids is 3. The second kappa shape index (κ2) is 22.5. The molecule has 2 heterocycles. The Morgan fingerprint density at radius 1 is 0.794 bits per heavy atom. The molecule has 0 aliphatic carbocycles. The molecule has 63 heavy (non-hydrogen) atoms. The molecule has 0 atom stereocenters. The average Bonchev–Trinajstić information content (AvgIpc) is 3.61. The summed E-state index contributed by atoms with van der Waals surface area (Å²) in [5, 5.41) is 14.0. The Kier molecular flexibility index (Phi) is 17.5. The molecule has 0 unspecified atom stereocenters. The summed E-state index contributed by atoms with van der Waals surface area (Å²) in [7, 11) is 3.32. The number of rotatable bonds is 20. The van der Waals surface area contributed by atoms with Gasteiger partial charge in [0.25, 0.3) is 5.91 Å². The van der Waals surface area contributed by atoms with E-state index in [1.807, 2.05) is 45.0 Å². The van der Waals surface area contributed by atoms with Crippen LogP contribution in [0.25, 0.3) is 28.1 Å². The number of halogens is 2. The van der Waals surface area contributed by atoms with Gasteiger partial charge in [0.2, 0.25) is 0 Å². The lowest BCUT2D eigenvalue weighted by molar-refractivity contribution is -0.00130. The zero-order chi connectivity index (χ0) is 45.7. The first-order chi connectivity index (χ1) is 29.9. The van der Waals surface area contributed by atoms with Gasteiger partial charge < -0.3 is 54.0 Å². The summed E-state index contributed by atoms with van der Waals surface area (Å²) in [5.41, 5.74) is 3.79. The number of alkyl carbamates (subject to hydrolysis) is 1. The monoisotopic (exact) mass is 912 g/mol. The molecule has 0 radical (unpaired) electrons. The molecule has 5 rings (SSSR count). The van der Waals surface area contributed by atoms with Crippen molar-refractivity contribution >= 4 is 46.9 Å². The summed E-state index contributed by atoms with van der Waals surface area (Å²) in [6.45, 7) is 15.0. The molecule has 0 saturated carbocycles. The molecule has 0 spiro atoms. The van der Waals surface area contributed by atoms with E-state index in [-0.39, 0.29) is 24.8 Å². The number of hydrogen-bond acceptors (Lipinski definition) is 11. The fraction of sp³-hybridized carbons (Fsp3) is 0.467. The number of fused-ring (bicyclic) bond motifs is 3. The highest BCUT2D eigenvalue weighted by Gasteiger charge is 2.35. The number of carbonyl (C=O) groups is 3. The van der Waals surface area contributed by atoms with Crippen LogP contribution in [0.4, 0.5) is 15.3 Å². The van der Waals surface area contributed by atoms with Gasteiger partial charge in [-0.2, -0.15) is 5.10 Å². The standard InChI is InChI=1S/C45H58Cl2N6O10/c1-44(2,3)52(7)41(54)39-36-28-62-38-27-37(57-8)34(26-35(38)40(36)53(51-39)33-24-30(46)23-31(47)25-33)29-10-9-11-32(22-29)50-42(55)48-12-14-58-16-18-60-20-21-61-19-17-59-15-13-49-43(56)63-45(4,5)6/h9-11,22-27H,12-21,28H2,1-8H3,(H,49,56)(H2,48,50,55). The molecule has 4 aromatic rings. The van der Waals surface area contributed by atoms with E-state index < -0.39 is 23.3 Å². The number of amides is 4. The zero-order valence-corrected chi connectivity index (χ0v) is 38.7. The van der Waals surface area contributed by atoms with Crippen molar-refractivity contribution < 1.29 is 47.5 Å². The van der Waals surface area contributed by atoms with Crippen molar-refractivity contribution in [2.45, 2.75) is 59.3 Å². The maximum absolute atomic E-state index is 14.0. The van der Waals surface area contributed by atoms with Crippen LogP contribution in [0.1, 0.15) is 57.6 Å². The van der Waals surface area contributed by atoms with Crippen molar-refractivity contribution in [3.63, 3.8) is 0 Å². The summed E-state index contributed by atoms with van der Waals surface area (Å²) in [4.78, 5) is 40.1. The van der Waals surface area contributed by atoms with Crippen LogP contribution >= 0.6 is 23.2 Å². The minimum atomic E-state index is -0.542. The topological polar surface area (TPSA) is 173 Å². The number of ether oxygens (including phenoxy) is 7. The van der Waals surface area contributed by atoms with E-state index in [0.717, 1.165) is 5.56 Å². The van der Waals surface area contributed by atoms with Crippen molar-refractivity contribution in [3.05, 3.63) is 75.9 Å². The van der Waals surface area contributed by atoms with Crippen LogP contribution in [0.2, 0.25) is 10.0 Å². The Bertz CT molecular complexity index is 2180. The maximum Gasteiger partial charge on any atom is 0.407 e. The molecule has 1 aliphatic heterocycles. The summed E-state index contributed by atoms with van der Waals surface area (Å²) in [5.74, 6) is 0.824. The van der Waals surface area contributed by atoms with Crippen LogP contribution in [0.5, 0.6) is 11.5 Å². The molecule has 1 aliphatic rings. The van der Waals surface area contributed by atoms with Crippen molar-refractivity contribution in [2.24, 2.45) is 0 Å². The van der Waals surface area contributed by atoms with Crippen LogP contribution in [-0.4, -0.2) is 124 Å². The van der Waals surface area contributed by atoms with E-state index in [0.29, 0.717) is 115 Å². The van der Waals surface area contributed by atoms with Crippen molar-refractivity contribution in [1.82, 2.24) is 25.3 Å². The highest BCUT2D eigenvalue weighted by atomic mass is 35.5. The Morgan fingerprint density at radius 3 is 1.98 bits per heavy atom. The fourth-order valence-corrected chi connectivity index (χ4v) is 6.75. The molecule has 342 valence electrons. The van der Waals surface area contributed by atoms with Gasteiger partial charge in [-0.1, -0.05) is 35.3 Å². The SMILES string of the molecule is COc1cc2c(cc1-c1cccc(NC(=O)NCCOCCOCCOCCOCCNC(=O)OC(C)(C)C)c1)-c1c(c(C(=O)N(C)C(C)(C)C)nn1-c1cc(Cl)cc(Cl)c1)CO2. The molecule has 4 amide bonds.